The van der Waals surface area contributed by atoms with Gasteiger partial charge in [0.2, 0.25) is 5.91 Å². The third kappa shape index (κ3) is 5.76. The van der Waals surface area contributed by atoms with Gasteiger partial charge in [0.15, 0.2) is 0 Å². The van der Waals surface area contributed by atoms with Gasteiger partial charge in [-0.2, -0.15) is 0 Å². The van der Waals surface area contributed by atoms with Crippen molar-refractivity contribution in [1.82, 2.24) is 15.1 Å². The summed E-state index contributed by atoms with van der Waals surface area (Å²) in [6.45, 7) is 13.4. The van der Waals surface area contributed by atoms with Crippen LogP contribution in [0.1, 0.15) is 96.0 Å². The van der Waals surface area contributed by atoms with Crippen LogP contribution < -0.4 is 5.32 Å². The molecule has 1 aliphatic carbocycles. The summed E-state index contributed by atoms with van der Waals surface area (Å²) in [5.74, 6) is 0.505. The standard InChI is InChI=1S/C28H45N3O3/c1-8-9-19-16-21(30(7)18(2)3)11-12-24(19)31-15-14-23(27(31)34)29-26(33)20-10-13-25(32)22(17-20)28(4,5)6/h10,13,17-19,21,23-24,32H,8-9,11-12,14-16H2,1-7H3,(H,29,33)/t19-,21+,23-,24-/m0/s1. The van der Waals surface area contributed by atoms with Gasteiger partial charge >= 0.3 is 0 Å². The number of aromatic hydroxyl groups is 1. The Bertz CT molecular complexity index is 876. The Hall–Kier alpha value is -2.08. The molecule has 1 aromatic rings. The molecular formula is C28H45N3O3. The normalized spacial score (nSPS) is 25.9. The highest BCUT2D eigenvalue weighted by Gasteiger charge is 2.42. The van der Waals surface area contributed by atoms with E-state index in [1.54, 1.807) is 18.2 Å². The average Bonchev–Trinajstić information content (AvgIpc) is 3.12. The number of likely N-dealkylation sites (tertiary alicyclic amines) is 1. The summed E-state index contributed by atoms with van der Waals surface area (Å²) in [6.07, 6.45) is 6.20. The Labute approximate surface area is 206 Å². The smallest absolute Gasteiger partial charge is 0.251 e. The molecule has 6 nitrogen and oxygen atoms in total. The Morgan fingerprint density at radius 3 is 2.56 bits per heavy atom. The summed E-state index contributed by atoms with van der Waals surface area (Å²) < 4.78 is 0. The molecule has 4 atom stereocenters. The molecule has 0 aromatic heterocycles. The summed E-state index contributed by atoms with van der Waals surface area (Å²) in [5.41, 5.74) is 0.928. The molecule has 6 heteroatoms. The van der Waals surface area contributed by atoms with Crippen molar-refractivity contribution in [3.05, 3.63) is 29.3 Å². The molecule has 0 radical (unpaired) electrons. The molecule has 1 aromatic carbocycles. The number of benzene rings is 1. The highest BCUT2D eigenvalue weighted by molar-refractivity contribution is 5.98. The second-order valence-electron chi connectivity index (χ2n) is 11.7. The van der Waals surface area contributed by atoms with E-state index in [-0.39, 0.29) is 29.0 Å². The molecule has 0 unspecified atom stereocenters. The van der Waals surface area contributed by atoms with Gasteiger partial charge in [0.05, 0.1) is 0 Å². The lowest BCUT2D eigenvalue weighted by molar-refractivity contribution is -0.133. The molecular weight excluding hydrogens is 426 g/mol. The predicted octanol–water partition coefficient (Wildman–Crippen LogP) is 4.70. The molecule has 0 bridgehead atoms. The van der Waals surface area contributed by atoms with E-state index in [0.29, 0.717) is 36.5 Å². The fourth-order valence-corrected chi connectivity index (χ4v) is 5.79. The summed E-state index contributed by atoms with van der Waals surface area (Å²) in [6, 6.07) is 5.83. The summed E-state index contributed by atoms with van der Waals surface area (Å²) in [4.78, 5) is 30.9. The number of nitrogens with zero attached hydrogens (tertiary/aromatic N) is 2. The van der Waals surface area contributed by atoms with E-state index in [4.69, 9.17) is 0 Å². The third-order valence-electron chi connectivity index (χ3n) is 7.98. The number of hydrogen-bond donors (Lipinski definition) is 2. The minimum Gasteiger partial charge on any atom is -0.508 e. The van der Waals surface area contributed by atoms with Gasteiger partial charge in [-0.3, -0.25) is 9.59 Å². The van der Waals surface area contributed by atoms with Crippen LogP contribution in [0.2, 0.25) is 0 Å². The van der Waals surface area contributed by atoms with Crippen LogP contribution in [-0.4, -0.2) is 64.5 Å². The molecule has 2 amide bonds. The molecule has 1 saturated heterocycles. The van der Waals surface area contributed by atoms with Crippen molar-refractivity contribution >= 4 is 11.8 Å². The molecule has 2 N–H and O–H groups in total. The van der Waals surface area contributed by atoms with Crippen LogP contribution in [0.25, 0.3) is 0 Å². The van der Waals surface area contributed by atoms with Crippen LogP contribution in [0.5, 0.6) is 5.75 Å². The van der Waals surface area contributed by atoms with E-state index >= 15 is 0 Å². The fourth-order valence-electron chi connectivity index (χ4n) is 5.79. The number of nitrogens with one attached hydrogen (secondary N) is 1. The van der Waals surface area contributed by atoms with Crippen molar-refractivity contribution in [2.45, 2.75) is 110 Å². The lowest BCUT2D eigenvalue weighted by atomic mass is 9.77. The van der Waals surface area contributed by atoms with Crippen LogP contribution in [0.4, 0.5) is 0 Å². The summed E-state index contributed by atoms with van der Waals surface area (Å²) >= 11 is 0. The first-order valence-corrected chi connectivity index (χ1v) is 13.1. The van der Waals surface area contributed by atoms with Crippen molar-refractivity contribution in [1.29, 1.82) is 0 Å². The van der Waals surface area contributed by atoms with Crippen LogP contribution in [-0.2, 0) is 10.2 Å². The molecule has 1 saturated carbocycles. The maximum absolute atomic E-state index is 13.4. The van der Waals surface area contributed by atoms with Gasteiger partial charge < -0.3 is 20.2 Å². The zero-order valence-electron chi connectivity index (χ0n) is 22.2. The molecule has 2 aliphatic rings. The molecule has 34 heavy (non-hydrogen) atoms. The molecule has 1 aliphatic heterocycles. The van der Waals surface area contributed by atoms with E-state index in [1.807, 2.05) is 20.8 Å². The van der Waals surface area contributed by atoms with Crippen LogP contribution in [0, 0.1) is 5.92 Å². The second-order valence-corrected chi connectivity index (χ2v) is 11.7. The third-order valence-corrected chi connectivity index (χ3v) is 7.98. The Kier molecular flexibility index (Phi) is 8.33. The maximum atomic E-state index is 13.4. The Balaban J connectivity index is 1.68. The van der Waals surface area contributed by atoms with Crippen molar-refractivity contribution in [2.75, 3.05) is 13.6 Å². The lowest BCUT2D eigenvalue weighted by Gasteiger charge is -2.44. The van der Waals surface area contributed by atoms with Crippen molar-refractivity contribution in [2.24, 2.45) is 5.92 Å². The van der Waals surface area contributed by atoms with Gasteiger partial charge in [-0.15, -0.1) is 0 Å². The fraction of sp³-hybridized carbons (Fsp3) is 0.714. The summed E-state index contributed by atoms with van der Waals surface area (Å²) in [5, 5.41) is 13.2. The minimum atomic E-state index is -0.474. The van der Waals surface area contributed by atoms with Crippen molar-refractivity contribution in [3.8, 4) is 5.75 Å². The topological polar surface area (TPSA) is 72.9 Å². The maximum Gasteiger partial charge on any atom is 0.251 e. The average molecular weight is 472 g/mol. The SMILES string of the molecule is CCC[C@H]1C[C@H](N(C)C(C)C)CC[C@@H]1N1CC[C@H](NC(=O)c2ccc(O)c(C(C)(C)C)c2)C1=O. The molecule has 3 rings (SSSR count). The van der Waals surface area contributed by atoms with Gasteiger partial charge in [0.1, 0.15) is 11.8 Å². The van der Waals surface area contributed by atoms with Crippen molar-refractivity contribution < 1.29 is 14.7 Å². The quantitative estimate of drug-likeness (QED) is 0.605. The number of carbonyl (C=O) groups excluding carboxylic acids is 2. The van der Waals surface area contributed by atoms with Crippen molar-refractivity contribution in [3.63, 3.8) is 0 Å². The predicted molar refractivity (Wildman–Crippen MR) is 137 cm³/mol. The number of carbonyl (C=O) groups is 2. The molecule has 190 valence electrons. The van der Waals surface area contributed by atoms with Gasteiger partial charge in [0, 0.05) is 35.8 Å². The van der Waals surface area contributed by atoms with Crippen LogP contribution in [0.3, 0.4) is 0 Å². The first-order valence-electron chi connectivity index (χ1n) is 13.1. The van der Waals surface area contributed by atoms with Gasteiger partial charge in [-0.1, -0.05) is 34.1 Å². The molecule has 1 heterocycles. The first kappa shape index (κ1) is 26.5. The minimum absolute atomic E-state index is 0.0601. The monoisotopic (exact) mass is 471 g/mol. The number of phenols is 1. The number of rotatable bonds is 7. The Morgan fingerprint density at radius 2 is 1.94 bits per heavy atom. The highest BCUT2D eigenvalue weighted by atomic mass is 16.3. The van der Waals surface area contributed by atoms with Crippen LogP contribution >= 0.6 is 0 Å². The van der Waals surface area contributed by atoms with Gasteiger partial charge in [0.25, 0.3) is 5.91 Å². The number of amides is 2. The van der Waals surface area contributed by atoms with E-state index in [2.05, 4.69) is 42.9 Å². The number of phenolic OH excluding ortho intramolecular Hbond substituents is 1. The highest BCUT2D eigenvalue weighted by Crippen LogP contribution is 2.36. The zero-order chi connectivity index (χ0) is 25.2. The zero-order valence-corrected chi connectivity index (χ0v) is 22.2. The second kappa shape index (κ2) is 10.7. The van der Waals surface area contributed by atoms with Crippen LogP contribution in [0.15, 0.2) is 18.2 Å². The molecule has 0 spiro atoms. The Morgan fingerprint density at radius 1 is 1.24 bits per heavy atom. The largest absolute Gasteiger partial charge is 0.508 e. The first-order chi connectivity index (χ1) is 15.9. The van der Waals surface area contributed by atoms with E-state index in [1.165, 1.54) is 0 Å². The van der Waals surface area contributed by atoms with E-state index in [9.17, 15) is 14.7 Å². The molecule has 2 fully saturated rings. The van der Waals surface area contributed by atoms with Gasteiger partial charge in [-0.25, -0.2) is 0 Å². The van der Waals surface area contributed by atoms with E-state index in [0.717, 1.165) is 37.7 Å². The van der Waals surface area contributed by atoms with Gasteiger partial charge in [-0.05, 0) is 82.5 Å². The lowest BCUT2D eigenvalue weighted by Crippen LogP contribution is -2.51. The summed E-state index contributed by atoms with van der Waals surface area (Å²) in [7, 11) is 2.22. The number of hydrogen-bond acceptors (Lipinski definition) is 4. The van der Waals surface area contributed by atoms with E-state index < -0.39 is 6.04 Å².